The third-order valence-electron chi connectivity index (χ3n) is 3.33. The summed E-state index contributed by atoms with van der Waals surface area (Å²) < 4.78 is 42.9. The van der Waals surface area contributed by atoms with E-state index in [2.05, 4.69) is 19.1 Å². The molecule has 0 saturated heterocycles. The van der Waals surface area contributed by atoms with Crippen LogP contribution in [-0.4, -0.2) is 0 Å². The summed E-state index contributed by atoms with van der Waals surface area (Å²) in [7, 11) is 0. The Labute approximate surface area is 134 Å². The molecule has 0 atom stereocenters. The van der Waals surface area contributed by atoms with Crippen molar-refractivity contribution in [1.29, 1.82) is 0 Å². The van der Waals surface area contributed by atoms with Gasteiger partial charge in [-0.25, -0.2) is 0 Å². The van der Waals surface area contributed by atoms with Crippen LogP contribution in [0.15, 0.2) is 54.6 Å². The number of alkyl halides is 3. The summed E-state index contributed by atoms with van der Waals surface area (Å²) in [5, 5.41) is 0. The molecule has 4 heteroatoms. The molecule has 122 valence electrons. The molecular weight excluding hydrogens is 301 g/mol. The van der Waals surface area contributed by atoms with E-state index in [4.69, 9.17) is 4.74 Å². The second-order valence-electron chi connectivity index (χ2n) is 5.24. The van der Waals surface area contributed by atoms with Crippen LogP contribution < -0.4 is 4.74 Å². The molecule has 2 aromatic carbocycles. The van der Waals surface area contributed by atoms with E-state index in [-0.39, 0.29) is 0 Å². The highest BCUT2D eigenvalue weighted by Gasteiger charge is 2.29. The van der Waals surface area contributed by atoms with Crippen molar-refractivity contribution in [2.75, 3.05) is 0 Å². The van der Waals surface area contributed by atoms with Crippen LogP contribution in [0.3, 0.4) is 0 Å². The molecule has 0 fully saturated rings. The van der Waals surface area contributed by atoms with Crippen molar-refractivity contribution in [1.82, 2.24) is 0 Å². The van der Waals surface area contributed by atoms with Gasteiger partial charge in [-0.15, -0.1) is 0 Å². The number of ether oxygens (including phenoxy) is 1. The zero-order chi connectivity index (χ0) is 16.7. The Balaban J connectivity index is 1.90. The first-order valence-electron chi connectivity index (χ1n) is 7.54. The van der Waals surface area contributed by atoms with Crippen LogP contribution in [0.4, 0.5) is 13.2 Å². The predicted octanol–water partition coefficient (Wildman–Crippen LogP) is 6.10. The fourth-order valence-electron chi connectivity index (χ4n) is 2.02. The molecule has 0 heterocycles. The minimum atomic E-state index is -4.32. The SMILES string of the molecule is CCCC=Cc1ccc(COc2ccc(C(F)(F)F)cc2)cc1. The van der Waals surface area contributed by atoms with E-state index >= 15 is 0 Å². The number of unbranched alkanes of at least 4 members (excludes halogenated alkanes) is 1. The molecule has 2 rings (SSSR count). The molecule has 0 N–H and O–H groups in total. The Morgan fingerprint density at radius 2 is 1.61 bits per heavy atom. The van der Waals surface area contributed by atoms with E-state index in [0.717, 1.165) is 36.1 Å². The van der Waals surface area contributed by atoms with Crippen molar-refractivity contribution < 1.29 is 17.9 Å². The molecule has 0 radical (unpaired) electrons. The molecule has 0 aromatic heterocycles. The quantitative estimate of drug-likeness (QED) is 0.625. The monoisotopic (exact) mass is 320 g/mol. The first kappa shape index (κ1) is 17.1. The van der Waals surface area contributed by atoms with Crippen LogP contribution in [0.5, 0.6) is 5.75 Å². The lowest BCUT2D eigenvalue weighted by Crippen LogP contribution is -2.04. The van der Waals surface area contributed by atoms with Crippen LogP contribution in [0.2, 0.25) is 0 Å². The Hall–Kier alpha value is -2.23. The normalized spacial score (nSPS) is 11.8. The average molecular weight is 320 g/mol. The van der Waals surface area contributed by atoms with E-state index in [1.54, 1.807) is 0 Å². The smallest absolute Gasteiger partial charge is 0.416 e. The highest BCUT2D eigenvalue weighted by Crippen LogP contribution is 2.30. The number of benzene rings is 2. The highest BCUT2D eigenvalue weighted by molar-refractivity contribution is 5.49. The van der Waals surface area contributed by atoms with Crippen molar-refractivity contribution in [2.24, 2.45) is 0 Å². The summed E-state index contributed by atoms with van der Waals surface area (Å²) in [6, 6.07) is 12.6. The molecular formula is C19H19F3O. The van der Waals surface area contributed by atoms with Gasteiger partial charge in [-0.2, -0.15) is 13.2 Å². The van der Waals surface area contributed by atoms with Gasteiger partial charge in [-0.05, 0) is 41.8 Å². The second-order valence-corrected chi connectivity index (χ2v) is 5.24. The third-order valence-corrected chi connectivity index (χ3v) is 3.33. The molecule has 1 nitrogen and oxygen atoms in total. The standard InChI is InChI=1S/C19H19F3O/c1-2-3-4-5-15-6-8-16(9-7-15)14-23-18-12-10-17(11-13-18)19(20,21)22/h4-13H,2-3,14H2,1H3. The van der Waals surface area contributed by atoms with Crippen molar-refractivity contribution in [3.63, 3.8) is 0 Å². The third kappa shape index (κ3) is 5.47. The molecule has 23 heavy (non-hydrogen) atoms. The lowest BCUT2D eigenvalue weighted by molar-refractivity contribution is -0.137. The summed E-state index contributed by atoms with van der Waals surface area (Å²) >= 11 is 0. The molecule has 2 aromatic rings. The number of rotatable bonds is 6. The molecule has 0 bridgehead atoms. The van der Waals surface area contributed by atoms with Gasteiger partial charge in [0.2, 0.25) is 0 Å². The van der Waals surface area contributed by atoms with E-state index in [9.17, 15) is 13.2 Å². The van der Waals surface area contributed by atoms with Crippen LogP contribution in [0.1, 0.15) is 36.5 Å². The first-order chi connectivity index (χ1) is 11.0. The van der Waals surface area contributed by atoms with Crippen LogP contribution in [0, 0.1) is 0 Å². The molecule has 0 unspecified atom stereocenters. The maximum absolute atomic E-state index is 12.5. The molecule has 0 spiro atoms. The number of allylic oxidation sites excluding steroid dienone is 1. The van der Waals surface area contributed by atoms with Gasteiger partial charge in [0.15, 0.2) is 0 Å². The number of hydrogen-bond acceptors (Lipinski definition) is 1. The lowest BCUT2D eigenvalue weighted by atomic mass is 10.1. The highest BCUT2D eigenvalue weighted by atomic mass is 19.4. The maximum atomic E-state index is 12.5. The Morgan fingerprint density at radius 1 is 0.957 bits per heavy atom. The van der Waals surface area contributed by atoms with E-state index < -0.39 is 11.7 Å². The van der Waals surface area contributed by atoms with E-state index in [1.807, 2.05) is 24.3 Å². The first-order valence-corrected chi connectivity index (χ1v) is 7.54. The second kappa shape index (κ2) is 7.86. The number of hydrogen-bond donors (Lipinski definition) is 0. The van der Waals surface area contributed by atoms with E-state index in [1.165, 1.54) is 12.1 Å². The van der Waals surface area contributed by atoms with Gasteiger partial charge in [-0.1, -0.05) is 49.8 Å². The van der Waals surface area contributed by atoms with Crippen LogP contribution >= 0.6 is 0 Å². The van der Waals surface area contributed by atoms with Crippen molar-refractivity contribution in [3.05, 3.63) is 71.3 Å². The van der Waals surface area contributed by atoms with Gasteiger partial charge in [-0.3, -0.25) is 0 Å². The van der Waals surface area contributed by atoms with E-state index in [0.29, 0.717) is 12.4 Å². The average Bonchev–Trinajstić information content (AvgIpc) is 2.54. The molecule has 0 saturated carbocycles. The Kier molecular flexibility index (Phi) is 5.85. The Bertz CT molecular complexity index is 625. The van der Waals surface area contributed by atoms with Crippen molar-refractivity contribution in [3.8, 4) is 5.75 Å². The summed E-state index contributed by atoms with van der Waals surface area (Å²) in [4.78, 5) is 0. The fraction of sp³-hybridized carbons (Fsp3) is 0.263. The lowest BCUT2D eigenvalue weighted by Gasteiger charge is -2.09. The maximum Gasteiger partial charge on any atom is 0.416 e. The van der Waals surface area contributed by atoms with Crippen LogP contribution in [-0.2, 0) is 12.8 Å². The molecule has 0 aliphatic heterocycles. The number of halogens is 3. The zero-order valence-electron chi connectivity index (χ0n) is 12.9. The zero-order valence-corrected chi connectivity index (χ0v) is 12.9. The molecule has 0 aliphatic rings. The van der Waals surface area contributed by atoms with Crippen molar-refractivity contribution >= 4 is 6.08 Å². The fourth-order valence-corrected chi connectivity index (χ4v) is 2.02. The van der Waals surface area contributed by atoms with Gasteiger partial charge in [0.1, 0.15) is 12.4 Å². The van der Waals surface area contributed by atoms with Crippen molar-refractivity contribution in [2.45, 2.75) is 32.5 Å². The van der Waals surface area contributed by atoms with Crippen LogP contribution in [0.25, 0.3) is 6.08 Å². The Morgan fingerprint density at radius 3 is 2.17 bits per heavy atom. The van der Waals surface area contributed by atoms with Gasteiger partial charge in [0.05, 0.1) is 5.56 Å². The summed E-state index contributed by atoms with van der Waals surface area (Å²) in [5.41, 5.74) is 1.42. The van der Waals surface area contributed by atoms with Gasteiger partial charge >= 0.3 is 6.18 Å². The molecule has 0 amide bonds. The minimum absolute atomic E-state index is 0.324. The predicted molar refractivity (Wildman–Crippen MR) is 86.2 cm³/mol. The van der Waals surface area contributed by atoms with Gasteiger partial charge in [0.25, 0.3) is 0 Å². The summed E-state index contributed by atoms with van der Waals surface area (Å²) in [6.45, 7) is 2.45. The van der Waals surface area contributed by atoms with Gasteiger partial charge in [0, 0.05) is 0 Å². The molecule has 0 aliphatic carbocycles. The largest absolute Gasteiger partial charge is 0.489 e. The summed E-state index contributed by atoms with van der Waals surface area (Å²) in [6.07, 6.45) is 2.06. The minimum Gasteiger partial charge on any atom is -0.489 e. The van der Waals surface area contributed by atoms with Gasteiger partial charge < -0.3 is 4.74 Å². The summed E-state index contributed by atoms with van der Waals surface area (Å²) in [5.74, 6) is 0.421. The topological polar surface area (TPSA) is 9.23 Å².